The third kappa shape index (κ3) is 5.19. The second-order valence-electron chi connectivity index (χ2n) is 4.34. The zero-order valence-corrected chi connectivity index (χ0v) is 11.3. The minimum Gasteiger partial charge on any atom is -0.444 e. The van der Waals surface area contributed by atoms with E-state index in [1.807, 2.05) is 0 Å². The summed E-state index contributed by atoms with van der Waals surface area (Å²) in [5, 5.41) is 10.2. The Morgan fingerprint density at radius 2 is 2.06 bits per heavy atom. The van der Waals surface area contributed by atoms with E-state index in [2.05, 4.69) is 15.5 Å². The lowest BCUT2D eigenvalue weighted by atomic mass is 10.2. The highest BCUT2D eigenvalue weighted by molar-refractivity contribution is 6.31. The van der Waals surface area contributed by atoms with Gasteiger partial charge in [-0.05, 0) is 26.8 Å². The third-order valence-electron chi connectivity index (χ3n) is 1.61. The van der Waals surface area contributed by atoms with Gasteiger partial charge in [0.15, 0.2) is 10.3 Å². The standard InChI is InChI=1S/C10H13Cl2N3O2/c1-10(2,3)17-9(16)13-5-6-4-7(11)14-15-8(6)12/h4H,5H2,1-3H3,(H,13,16). The topological polar surface area (TPSA) is 64.1 Å². The van der Waals surface area contributed by atoms with Gasteiger partial charge in [-0.3, -0.25) is 0 Å². The highest BCUT2D eigenvalue weighted by Gasteiger charge is 2.16. The van der Waals surface area contributed by atoms with E-state index >= 15 is 0 Å². The van der Waals surface area contributed by atoms with Gasteiger partial charge in [0, 0.05) is 12.1 Å². The molecule has 0 spiro atoms. The van der Waals surface area contributed by atoms with Crippen LogP contribution in [0.4, 0.5) is 4.79 Å². The van der Waals surface area contributed by atoms with Crippen molar-refractivity contribution in [2.45, 2.75) is 32.9 Å². The predicted molar refractivity (Wildman–Crippen MR) is 65.1 cm³/mol. The van der Waals surface area contributed by atoms with Gasteiger partial charge in [0.05, 0.1) is 0 Å². The maximum absolute atomic E-state index is 11.4. The zero-order chi connectivity index (χ0) is 13.1. The number of aromatic nitrogens is 2. The Kier molecular flexibility index (Phi) is 4.54. The molecule has 1 amide bonds. The minimum atomic E-state index is -0.540. The Hall–Kier alpha value is -1.07. The number of ether oxygens (including phenoxy) is 1. The lowest BCUT2D eigenvalue weighted by Gasteiger charge is -2.19. The Morgan fingerprint density at radius 3 is 2.65 bits per heavy atom. The van der Waals surface area contributed by atoms with Crippen molar-refractivity contribution in [1.82, 2.24) is 15.5 Å². The van der Waals surface area contributed by atoms with Crippen LogP contribution < -0.4 is 5.32 Å². The summed E-state index contributed by atoms with van der Waals surface area (Å²) >= 11 is 11.5. The van der Waals surface area contributed by atoms with E-state index in [1.54, 1.807) is 20.8 Å². The Bertz CT molecular complexity index is 419. The molecule has 1 aromatic rings. The van der Waals surface area contributed by atoms with E-state index in [4.69, 9.17) is 27.9 Å². The molecule has 0 aromatic carbocycles. The van der Waals surface area contributed by atoms with Crippen molar-refractivity contribution >= 4 is 29.3 Å². The van der Waals surface area contributed by atoms with Crippen molar-refractivity contribution in [1.29, 1.82) is 0 Å². The summed E-state index contributed by atoms with van der Waals surface area (Å²) in [7, 11) is 0. The van der Waals surface area contributed by atoms with E-state index in [1.165, 1.54) is 6.07 Å². The molecule has 0 atom stereocenters. The van der Waals surface area contributed by atoms with Crippen molar-refractivity contribution in [2.24, 2.45) is 0 Å². The van der Waals surface area contributed by atoms with Crippen LogP contribution in [-0.4, -0.2) is 21.9 Å². The summed E-state index contributed by atoms with van der Waals surface area (Å²) in [6, 6.07) is 1.54. The van der Waals surface area contributed by atoms with E-state index in [-0.39, 0.29) is 16.9 Å². The number of alkyl carbamates (subject to hydrolysis) is 1. The van der Waals surface area contributed by atoms with Crippen LogP contribution >= 0.6 is 23.2 Å². The van der Waals surface area contributed by atoms with Crippen molar-refractivity contribution < 1.29 is 9.53 Å². The number of amides is 1. The number of carbonyl (C=O) groups is 1. The summed E-state index contributed by atoms with van der Waals surface area (Å²) in [5.41, 5.74) is 0.0414. The summed E-state index contributed by atoms with van der Waals surface area (Å²) in [4.78, 5) is 11.4. The molecule has 5 nitrogen and oxygen atoms in total. The number of hydrogen-bond acceptors (Lipinski definition) is 4. The maximum atomic E-state index is 11.4. The van der Waals surface area contributed by atoms with Crippen molar-refractivity contribution in [3.8, 4) is 0 Å². The lowest BCUT2D eigenvalue weighted by Crippen LogP contribution is -2.32. The smallest absolute Gasteiger partial charge is 0.407 e. The monoisotopic (exact) mass is 277 g/mol. The normalized spacial score (nSPS) is 11.1. The number of rotatable bonds is 2. The van der Waals surface area contributed by atoms with Crippen molar-refractivity contribution in [2.75, 3.05) is 0 Å². The molecule has 0 aliphatic heterocycles. The first-order valence-corrected chi connectivity index (χ1v) is 5.68. The van der Waals surface area contributed by atoms with Crippen molar-refractivity contribution in [3.05, 3.63) is 21.9 Å². The first-order valence-electron chi connectivity index (χ1n) is 4.92. The van der Waals surface area contributed by atoms with Crippen molar-refractivity contribution in [3.63, 3.8) is 0 Å². The second-order valence-corrected chi connectivity index (χ2v) is 5.08. The van der Waals surface area contributed by atoms with Crippen LogP contribution in [0.1, 0.15) is 26.3 Å². The molecule has 0 fully saturated rings. The molecule has 17 heavy (non-hydrogen) atoms. The highest BCUT2D eigenvalue weighted by atomic mass is 35.5. The van der Waals surface area contributed by atoms with Gasteiger partial charge in [0.1, 0.15) is 5.60 Å². The summed E-state index contributed by atoms with van der Waals surface area (Å²) in [5.74, 6) is 0. The predicted octanol–water partition coefficient (Wildman–Crippen LogP) is 2.81. The van der Waals surface area contributed by atoms with Crippen LogP contribution in [0.25, 0.3) is 0 Å². The largest absolute Gasteiger partial charge is 0.444 e. The van der Waals surface area contributed by atoms with Crippen LogP contribution in [0.3, 0.4) is 0 Å². The SMILES string of the molecule is CC(C)(C)OC(=O)NCc1cc(Cl)nnc1Cl. The van der Waals surface area contributed by atoms with E-state index in [0.717, 1.165) is 0 Å². The molecule has 7 heteroatoms. The molecular weight excluding hydrogens is 265 g/mol. The average molecular weight is 278 g/mol. The maximum Gasteiger partial charge on any atom is 0.407 e. The van der Waals surface area contributed by atoms with Crippen LogP contribution in [0, 0.1) is 0 Å². The molecule has 0 saturated heterocycles. The van der Waals surface area contributed by atoms with Gasteiger partial charge in [-0.25, -0.2) is 4.79 Å². The number of carbonyl (C=O) groups excluding carboxylic acids is 1. The Labute approximate surface area is 109 Å². The summed E-state index contributed by atoms with van der Waals surface area (Å²) in [6.45, 7) is 5.53. The van der Waals surface area contributed by atoms with E-state index in [9.17, 15) is 4.79 Å². The number of nitrogens with zero attached hydrogens (tertiary/aromatic N) is 2. The molecular formula is C10H13Cl2N3O2. The first-order chi connectivity index (χ1) is 7.78. The summed E-state index contributed by atoms with van der Waals surface area (Å²) in [6.07, 6.45) is -0.526. The molecule has 0 aliphatic carbocycles. The third-order valence-corrected chi connectivity index (χ3v) is 2.12. The van der Waals surface area contributed by atoms with Gasteiger partial charge >= 0.3 is 6.09 Å². The number of nitrogens with one attached hydrogen (secondary N) is 1. The van der Waals surface area contributed by atoms with E-state index < -0.39 is 11.7 Å². The van der Waals surface area contributed by atoms with Crippen LogP contribution in [0.2, 0.25) is 10.3 Å². The van der Waals surface area contributed by atoms with Gasteiger partial charge in [0.2, 0.25) is 0 Å². The molecule has 0 radical (unpaired) electrons. The van der Waals surface area contributed by atoms with Gasteiger partial charge in [0.25, 0.3) is 0 Å². The average Bonchev–Trinajstić information content (AvgIpc) is 2.17. The minimum absolute atomic E-state index is 0.184. The fourth-order valence-electron chi connectivity index (χ4n) is 0.994. The molecule has 0 aliphatic rings. The fourth-order valence-corrected chi connectivity index (χ4v) is 1.32. The zero-order valence-electron chi connectivity index (χ0n) is 9.75. The quantitative estimate of drug-likeness (QED) is 0.903. The van der Waals surface area contributed by atoms with Gasteiger partial charge < -0.3 is 10.1 Å². The van der Waals surface area contributed by atoms with E-state index in [0.29, 0.717) is 5.56 Å². The molecule has 1 aromatic heterocycles. The number of halogens is 2. The lowest BCUT2D eigenvalue weighted by molar-refractivity contribution is 0.0523. The van der Waals surface area contributed by atoms with Crippen LogP contribution in [-0.2, 0) is 11.3 Å². The Morgan fingerprint density at radius 1 is 1.41 bits per heavy atom. The first kappa shape index (κ1) is 14.0. The Balaban J connectivity index is 2.56. The van der Waals surface area contributed by atoms with Crippen LogP contribution in [0.15, 0.2) is 6.07 Å². The molecule has 0 bridgehead atoms. The van der Waals surface area contributed by atoms with Gasteiger partial charge in [-0.1, -0.05) is 23.2 Å². The molecule has 1 heterocycles. The highest BCUT2D eigenvalue weighted by Crippen LogP contribution is 2.15. The number of hydrogen-bond donors (Lipinski definition) is 1. The molecule has 94 valence electrons. The molecule has 0 saturated carbocycles. The van der Waals surface area contributed by atoms with Gasteiger partial charge in [-0.2, -0.15) is 0 Å². The molecule has 1 N–H and O–H groups in total. The van der Waals surface area contributed by atoms with Crippen LogP contribution in [0.5, 0.6) is 0 Å². The molecule has 1 rings (SSSR count). The molecule has 0 unspecified atom stereocenters. The fraction of sp³-hybridized carbons (Fsp3) is 0.500. The second kappa shape index (κ2) is 5.51. The van der Waals surface area contributed by atoms with Gasteiger partial charge in [-0.15, -0.1) is 10.2 Å². The summed E-state index contributed by atoms with van der Waals surface area (Å²) < 4.78 is 5.07.